The maximum Gasteiger partial charge on any atom is 0.0488 e. The van der Waals surface area contributed by atoms with Crippen LogP contribution in [0.4, 0.5) is 0 Å². The Morgan fingerprint density at radius 1 is 0.571 bits per heavy atom. The first-order chi connectivity index (χ1) is 16.5. The first-order valence-electron chi connectivity index (χ1n) is 12.8. The Hall–Kier alpha value is -3.26. The Bertz CT molecular complexity index is 1530. The summed E-state index contributed by atoms with van der Waals surface area (Å²) in [4.78, 5) is 0. The quantitative estimate of drug-likeness (QED) is 0.252. The lowest BCUT2D eigenvalue weighted by atomic mass is 9.82. The van der Waals surface area contributed by atoms with Crippen LogP contribution in [0.15, 0.2) is 72.8 Å². The highest BCUT2D eigenvalue weighted by Crippen LogP contribution is 2.35. The third-order valence-electron chi connectivity index (χ3n) is 8.09. The van der Waals surface area contributed by atoms with Gasteiger partial charge in [0.1, 0.15) is 0 Å². The Morgan fingerprint density at radius 2 is 1.00 bits per heavy atom. The minimum Gasteiger partial charge on any atom is -0.344 e. The van der Waals surface area contributed by atoms with E-state index in [1.807, 2.05) is 0 Å². The largest absolute Gasteiger partial charge is 0.344 e. The molecule has 0 aliphatic carbocycles. The van der Waals surface area contributed by atoms with Crippen LogP contribution in [0.25, 0.3) is 44.3 Å². The molecule has 0 aliphatic rings. The van der Waals surface area contributed by atoms with Gasteiger partial charge in [-0.15, -0.1) is 0 Å². The highest BCUT2D eigenvalue weighted by atomic mass is 15.0. The molecule has 2 nitrogen and oxygen atoms in total. The lowest BCUT2D eigenvalue weighted by Crippen LogP contribution is -2.15. The molecule has 0 atom stereocenters. The van der Waals surface area contributed by atoms with Crippen molar-refractivity contribution in [3.8, 4) is 22.5 Å². The van der Waals surface area contributed by atoms with E-state index < -0.39 is 0 Å². The van der Waals surface area contributed by atoms with Crippen LogP contribution in [0.1, 0.15) is 59.1 Å². The molecule has 2 heterocycles. The maximum absolute atomic E-state index is 2.37. The zero-order valence-corrected chi connectivity index (χ0v) is 22.5. The van der Waals surface area contributed by atoms with Crippen LogP contribution >= 0.6 is 0 Å². The summed E-state index contributed by atoms with van der Waals surface area (Å²) in [6.07, 6.45) is 1.13. The third-order valence-corrected chi connectivity index (χ3v) is 8.09. The number of aromatic nitrogens is 2. The Kier molecular flexibility index (Phi) is 5.47. The van der Waals surface area contributed by atoms with E-state index in [1.54, 1.807) is 0 Å². The predicted molar refractivity (Wildman–Crippen MR) is 152 cm³/mol. The lowest BCUT2D eigenvalue weighted by molar-refractivity contribution is 0.507. The van der Waals surface area contributed by atoms with Gasteiger partial charge in [-0.3, -0.25) is 0 Å². The van der Waals surface area contributed by atoms with Gasteiger partial charge in [0.05, 0.1) is 0 Å². The molecule has 2 aromatic heterocycles. The van der Waals surface area contributed by atoms with Crippen molar-refractivity contribution < 1.29 is 0 Å². The third kappa shape index (κ3) is 3.99. The number of nitrogens with zero attached hydrogens (tertiary/aromatic N) is 2. The van der Waals surface area contributed by atoms with Crippen molar-refractivity contribution in [3.05, 3.63) is 83.9 Å². The van der Waals surface area contributed by atoms with Crippen LogP contribution < -0.4 is 0 Å². The van der Waals surface area contributed by atoms with E-state index >= 15 is 0 Å². The molecule has 3 aromatic carbocycles. The monoisotopic (exact) mass is 462 g/mol. The van der Waals surface area contributed by atoms with Gasteiger partial charge in [0.25, 0.3) is 0 Å². The van der Waals surface area contributed by atoms with Gasteiger partial charge in [-0.1, -0.05) is 77.9 Å². The van der Waals surface area contributed by atoms with Crippen LogP contribution in [0.2, 0.25) is 0 Å². The van der Waals surface area contributed by atoms with Crippen LogP contribution in [0, 0.1) is 0 Å². The Labute approximate surface area is 210 Å². The van der Waals surface area contributed by atoms with Gasteiger partial charge in [0.2, 0.25) is 0 Å². The standard InChI is InChI=1S/C33H38N2/c1-9-33(5,6)27-15-17-29-25(19-27)21-31(35(29)8)23-12-10-22(11-13-23)30-20-24-18-26(32(2,3)4)14-16-28(24)34(30)7/h10-21H,9H2,1-8H3. The summed E-state index contributed by atoms with van der Waals surface area (Å²) in [6, 6.07) is 27.5. The molecule has 0 N–H and O–H groups in total. The minimum absolute atomic E-state index is 0.150. The molecular weight excluding hydrogens is 424 g/mol. The average Bonchev–Trinajstić information content (AvgIpc) is 3.35. The van der Waals surface area contributed by atoms with Crippen molar-refractivity contribution in [2.75, 3.05) is 0 Å². The molecule has 0 bridgehead atoms. The smallest absolute Gasteiger partial charge is 0.0488 e. The molecule has 5 rings (SSSR count). The van der Waals surface area contributed by atoms with E-state index in [1.165, 1.54) is 55.4 Å². The summed E-state index contributed by atoms with van der Waals surface area (Å²) in [5.41, 5.74) is 10.7. The molecule has 0 spiro atoms. The van der Waals surface area contributed by atoms with Gasteiger partial charge in [0.15, 0.2) is 0 Å². The van der Waals surface area contributed by atoms with Gasteiger partial charge in [-0.05, 0) is 75.9 Å². The minimum atomic E-state index is 0.150. The van der Waals surface area contributed by atoms with Crippen molar-refractivity contribution in [1.82, 2.24) is 9.13 Å². The SMILES string of the molecule is CCC(C)(C)c1ccc2c(c1)cc(-c1ccc(-c3cc4cc(C(C)(C)C)ccc4n3C)cc1)n2C. The molecule has 5 aromatic rings. The number of aryl methyl sites for hydroxylation is 2. The number of rotatable bonds is 4. The summed E-state index contributed by atoms with van der Waals surface area (Å²) in [5.74, 6) is 0. The van der Waals surface area contributed by atoms with E-state index in [9.17, 15) is 0 Å². The fourth-order valence-electron chi connectivity index (χ4n) is 5.16. The maximum atomic E-state index is 2.37. The van der Waals surface area contributed by atoms with Crippen LogP contribution in [-0.4, -0.2) is 9.13 Å². The van der Waals surface area contributed by atoms with E-state index in [2.05, 4.69) is 138 Å². The lowest BCUT2D eigenvalue weighted by Gasteiger charge is -2.23. The van der Waals surface area contributed by atoms with Crippen LogP contribution in [0.3, 0.4) is 0 Å². The molecule has 0 fully saturated rings. The number of hydrogen-bond acceptors (Lipinski definition) is 0. The zero-order valence-electron chi connectivity index (χ0n) is 22.5. The molecule has 2 heteroatoms. The van der Waals surface area contributed by atoms with Crippen molar-refractivity contribution in [2.24, 2.45) is 14.1 Å². The molecular formula is C33H38N2. The molecule has 0 radical (unpaired) electrons. The summed E-state index contributed by atoms with van der Waals surface area (Å²) in [6.45, 7) is 13.7. The summed E-state index contributed by atoms with van der Waals surface area (Å²) < 4.78 is 4.63. The second kappa shape index (κ2) is 8.16. The second-order valence-corrected chi connectivity index (χ2v) is 11.8. The van der Waals surface area contributed by atoms with Crippen molar-refractivity contribution >= 4 is 21.8 Å². The Balaban J connectivity index is 1.52. The second-order valence-electron chi connectivity index (χ2n) is 11.8. The van der Waals surface area contributed by atoms with E-state index in [4.69, 9.17) is 0 Å². The predicted octanol–water partition coefficient (Wildman–Crippen LogP) is 8.99. The van der Waals surface area contributed by atoms with Crippen molar-refractivity contribution in [1.29, 1.82) is 0 Å². The molecule has 35 heavy (non-hydrogen) atoms. The Morgan fingerprint density at radius 3 is 1.43 bits per heavy atom. The van der Waals surface area contributed by atoms with Gasteiger partial charge in [-0.25, -0.2) is 0 Å². The first kappa shape index (κ1) is 23.5. The fraction of sp³-hybridized carbons (Fsp3) is 0.333. The first-order valence-corrected chi connectivity index (χ1v) is 12.8. The summed E-state index contributed by atoms with van der Waals surface area (Å²) >= 11 is 0. The van der Waals surface area contributed by atoms with E-state index in [0.29, 0.717) is 0 Å². The van der Waals surface area contributed by atoms with Crippen LogP contribution in [-0.2, 0) is 24.9 Å². The van der Waals surface area contributed by atoms with E-state index in [-0.39, 0.29) is 10.8 Å². The zero-order chi connectivity index (χ0) is 25.1. The number of fused-ring (bicyclic) bond motifs is 2. The summed E-state index contributed by atoms with van der Waals surface area (Å²) in [5, 5.41) is 2.62. The van der Waals surface area contributed by atoms with Gasteiger partial charge in [0, 0.05) is 47.3 Å². The van der Waals surface area contributed by atoms with E-state index in [0.717, 1.165) is 6.42 Å². The fourth-order valence-corrected chi connectivity index (χ4v) is 5.16. The molecule has 0 aliphatic heterocycles. The van der Waals surface area contributed by atoms with Crippen molar-refractivity contribution in [2.45, 2.75) is 58.8 Å². The number of hydrogen-bond donors (Lipinski definition) is 0. The molecule has 180 valence electrons. The van der Waals surface area contributed by atoms with Gasteiger partial charge >= 0.3 is 0 Å². The topological polar surface area (TPSA) is 9.86 Å². The van der Waals surface area contributed by atoms with Crippen molar-refractivity contribution in [3.63, 3.8) is 0 Å². The highest BCUT2D eigenvalue weighted by molar-refractivity contribution is 5.90. The average molecular weight is 463 g/mol. The normalized spacial score (nSPS) is 12.7. The molecule has 0 unspecified atom stereocenters. The number of benzene rings is 3. The highest BCUT2D eigenvalue weighted by Gasteiger charge is 2.20. The molecule has 0 saturated carbocycles. The van der Waals surface area contributed by atoms with Gasteiger partial charge in [-0.2, -0.15) is 0 Å². The van der Waals surface area contributed by atoms with Crippen LogP contribution in [0.5, 0.6) is 0 Å². The summed E-state index contributed by atoms with van der Waals surface area (Å²) in [7, 11) is 4.34. The molecule has 0 saturated heterocycles. The molecule has 0 amide bonds. The van der Waals surface area contributed by atoms with Gasteiger partial charge < -0.3 is 9.13 Å².